The second-order valence-electron chi connectivity index (χ2n) is 5.16. The van der Waals surface area contributed by atoms with Crippen LogP contribution in [0.15, 0.2) is 65.8 Å². The molecular formula is C18H19NO2. The van der Waals surface area contributed by atoms with Gasteiger partial charge in [-0.1, -0.05) is 36.4 Å². The third-order valence-corrected chi connectivity index (χ3v) is 3.77. The average molecular weight is 281 g/mol. The van der Waals surface area contributed by atoms with Crippen molar-refractivity contribution in [3.63, 3.8) is 0 Å². The largest absolute Gasteiger partial charge is 0.467 e. The number of rotatable bonds is 7. The van der Waals surface area contributed by atoms with Gasteiger partial charge in [-0.05, 0) is 37.0 Å². The lowest BCUT2D eigenvalue weighted by molar-refractivity contribution is 0.0398. The number of aliphatic hydroxyl groups excluding tert-OH is 1. The Kier molecular flexibility index (Phi) is 4.97. The first kappa shape index (κ1) is 15.1. The number of aliphatic hydroxyl groups is 1. The van der Waals surface area contributed by atoms with Crippen LogP contribution < -0.4 is 0 Å². The maximum Gasteiger partial charge on any atom is 0.133 e. The first-order valence-electron chi connectivity index (χ1n) is 6.99. The monoisotopic (exact) mass is 281 g/mol. The highest BCUT2D eigenvalue weighted by Crippen LogP contribution is 2.41. The molecular weight excluding hydrogens is 262 g/mol. The standard InChI is InChI=1S/C18H19NO2/c1-2-11-18(14-19,17(20)16-9-6-13-21-16)12-10-15-7-4-3-5-8-15/h2-9,13,17,20H,1,10-12H2. The Morgan fingerprint density at radius 1 is 1.29 bits per heavy atom. The van der Waals surface area contributed by atoms with E-state index in [1.165, 1.54) is 6.26 Å². The van der Waals surface area contributed by atoms with E-state index in [4.69, 9.17) is 4.42 Å². The first-order valence-corrected chi connectivity index (χ1v) is 6.99. The lowest BCUT2D eigenvalue weighted by Crippen LogP contribution is -2.27. The lowest BCUT2D eigenvalue weighted by Gasteiger charge is -2.29. The van der Waals surface area contributed by atoms with E-state index >= 15 is 0 Å². The van der Waals surface area contributed by atoms with E-state index in [0.717, 1.165) is 12.0 Å². The zero-order valence-electron chi connectivity index (χ0n) is 11.9. The number of allylic oxidation sites excluding steroid dienone is 1. The summed E-state index contributed by atoms with van der Waals surface area (Å²) in [6, 6.07) is 15.7. The van der Waals surface area contributed by atoms with Crippen molar-refractivity contribution < 1.29 is 9.52 Å². The summed E-state index contributed by atoms with van der Waals surface area (Å²) >= 11 is 0. The molecule has 2 rings (SSSR count). The number of furan rings is 1. The highest BCUT2D eigenvalue weighted by atomic mass is 16.4. The Morgan fingerprint density at radius 3 is 2.62 bits per heavy atom. The van der Waals surface area contributed by atoms with Crippen LogP contribution in [0.4, 0.5) is 0 Å². The normalized spacial score (nSPS) is 14.9. The molecule has 1 aromatic carbocycles. The van der Waals surface area contributed by atoms with E-state index in [2.05, 4.69) is 12.6 Å². The van der Waals surface area contributed by atoms with Crippen molar-refractivity contribution in [2.75, 3.05) is 0 Å². The summed E-state index contributed by atoms with van der Waals surface area (Å²) < 4.78 is 5.27. The van der Waals surface area contributed by atoms with Crippen molar-refractivity contribution in [1.29, 1.82) is 5.26 Å². The van der Waals surface area contributed by atoms with Crippen LogP contribution >= 0.6 is 0 Å². The quantitative estimate of drug-likeness (QED) is 0.779. The van der Waals surface area contributed by atoms with Crippen LogP contribution in [0, 0.1) is 16.7 Å². The van der Waals surface area contributed by atoms with Gasteiger partial charge in [-0.2, -0.15) is 5.26 Å². The second-order valence-corrected chi connectivity index (χ2v) is 5.16. The van der Waals surface area contributed by atoms with Crippen LogP contribution in [-0.4, -0.2) is 5.11 Å². The minimum absolute atomic E-state index is 0.415. The van der Waals surface area contributed by atoms with Gasteiger partial charge in [0.25, 0.3) is 0 Å². The first-order chi connectivity index (χ1) is 10.2. The molecule has 108 valence electrons. The molecule has 0 aliphatic carbocycles. The molecule has 0 amide bonds. The van der Waals surface area contributed by atoms with E-state index in [-0.39, 0.29) is 0 Å². The molecule has 1 N–H and O–H groups in total. The average Bonchev–Trinajstić information content (AvgIpc) is 3.06. The molecule has 2 atom stereocenters. The fourth-order valence-corrected chi connectivity index (χ4v) is 2.50. The number of nitrogens with zero attached hydrogens (tertiary/aromatic N) is 1. The van der Waals surface area contributed by atoms with Gasteiger partial charge in [-0.15, -0.1) is 6.58 Å². The van der Waals surface area contributed by atoms with Gasteiger partial charge in [-0.3, -0.25) is 0 Å². The van der Waals surface area contributed by atoms with Gasteiger partial charge < -0.3 is 9.52 Å². The van der Waals surface area contributed by atoms with E-state index < -0.39 is 11.5 Å². The zero-order chi connectivity index (χ0) is 15.1. The maximum absolute atomic E-state index is 10.6. The van der Waals surface area contributed by atoms with Crippen LogP contribution in [0.2, 0.25) is 0 Å². The molecule has 0 saturated heterocycles. The summed E-state index contributed by atoms with van der Waals surface area (Å²) in [5.74, 6) is 0.423. The number of aryl methyl sites for hydroxylation is 1. The zero-order valence-corrected chi connectivity index (χ0v) is 11.9. The molecule has 21 heavy (non-hydrogen) atoms. The Balaban J connectivity index is 2.20. The maximum atomic E-state index is 10.6. The fourth-order valence-electron chi connectivity index (χ4n) is 2.50. The van der Waals surface area contributed by atoms with Crippen molar-refractivity contribution in [3.8, 4) is 6.07 Å². The summed E-state index contributed by atoms with van der Waals surface area (Å²) in [5, 5.41) is 20.2. The van der Waals surface area contributed by atoms with Crippen molar-refractivity contribution in [2.24, 2.45) is 5.41 Å². The fraction of sp³-hybridized carbons (Fsp3) is 0.278. The van der Waals surface area contributed by atoms with Crippen molar-refractivity contribution in [2.45, 2.75) is 25.4 Å². The molecule has 2 unspecified atom stereocenters. The number of benzene rings is 1. The van der Waals surface area contributed by atoms with E-state index in [1.807, 2.05) is 30.3 Å². The SMILES string of the molecule is C=CCC(C#N)(CCc1ccccc1)C(O)c1ccco1. The van der Waals surface area contributed by atoms with Gasteiger partial charge in [0.2, 0.25) is 0 Å². The number of hydrogen-bond acceptors (Lipinski definition) is 3. The Hall–Kier alpha value is -2.31. The molecule has 0 bridgehead atoms. The summed E-state index contributed by atoms with van der Waals surface area (Å²) in [7, 11) is 0. The molecule has 0 spiro atoms. The van der Waals surface area contributed by atoms with E-state index in [1.54, 1.807) is 18.2 Å². The van der Waals surface area contributed by atoms with Gasteiger partial charge in [-0.25, -0.2) is 0 Å². The molecule has 1 heterocycles. The smallest absolute Gasteiger partial charge is 0.133 e. The Labute approximate surface area is 125 Å². The molecule has 0 saturated carbocycles. The second kappa shape index (κ2) is 6.92. The third-order valence-electron chi connectivity index (χ3n) is 3.77. The predicted octanol–water partition coefficient (Wildman–Crippen LogP) is 4.03. The number of hydrogen-bond donors (Lipinski definition) is 1. The van der Waals surface area contributed by atoms with Crippen LogP contribution in [0.25, 0.3) is 0 Å². The third kappa shape index (κ3) is 3.42. The highest BCUT2D eigenvalue weighted by Gasteiger charge is 2.39. The minimum Gasteiger partial charge on any atom is -0.467 e. The molecule has 0 aliphatic rings. The van der Waals surface area contributed by atoms with Crippen LogP contribution in [-0.2, 0) is 6.42 Å². The van der Waals surface area contributed by atoms with Crippen LogP contribution in [0.3, 0.4) is 0 Å². The van der Waals surface area contributed by atoms with Gasteiger partial charge in [0.05, 0.1) is 17.7 Å². The van der Waals surface area contributed by atoms with Crippen molar-refractivity contribution >= 4 is 0 Å². The number of nitriles is 1. The summed E-state index contributed by atoms with van der Waals surface area (Å²) in [6.07, 6.45) is 3.91. The molecule has 0 fully saturated rings. The van der Waals surface area contributed by atoms with Gasteiger partial charge in [0, 0.05) is 0 Å². The predicted molar refractivity (Wildman–Crippen MR) is 81.3 cm³/mol. The molecule has 0 radical (unpaired) electrons. The van der Waals surface area contributed by atoms with Crippen molar-refractivity contribution in [1.82, 2.24) is 0 Å². The Bertz CT molecular complexity index is 598. The summed E-state index contributed by atoms with van der Waals surface area (Å²) in [4.78, 5) is 0. The molecule has 3 nitrogen and oxygen atoms in total. The van der Waals surface area contributed by atoms with Crippen LogP contribution in [0.1, 0.15) is 30.3 Å². The van der Waals surface area contributed by atoms with Crippen LogP contribution in [0.5, 0.6) is 0 Å². The molecule has 0 aliphatic heterocycles. The van der Waals surface area contributed by atoms with Crippen molar-refractivity contribution in [3.05, 3.63) is 72.7 Å². The summed E-state index contributed by atoms with van der Waals surface area (Å²) in [6.45, 7) is 3.72. The van der Waals surface area contributed by atoms with E-state index in [0.29, 0.717) is 18.6 Å². The summed E-state index contributed by atoms with van der Waals surface area (Å²) in [5.41, 5.74) is 0.225. The molecule has 2 aromatic rings. The van der Waals surface area contributed by atoms with Gasteiger partial charge in [0.1, 0.15) is 11.9 Å². The highest BCUT2D eigenvalue weighted by molar-refractivity contribution is 5.19. The topological polar surface area (TPSA) is 57.2 Å². The molecule has 1 aromatic heterocycles. The minimum atomic E-state index is -0.959. The Morgan fingerprint density at radius 2 is 2.05 bits per heavy atom. The van der Waals surface area contributed by atoms with E-state index in [9.17, 15) is 10.4 Å². The van der Waals surface area contributed by atoms with Gasteiger partial charge >= 0.3 is 0 Å². The lowest BCUT2D eigenvalue weighted by atomic mass is 9.75. The molecule has 3 heteroatoms. The van der Waals surface area contributed by atoms with Gasteiger partial charge in [0.15, 0.2) is 0 Å².